The van der Waals surface area contributed by atoms with Gasteiger partial charge in [-0.15, -0.1) is 11.3 Å². The average Bonchev–Trinajstić information content (AvgIpc) is 3.14. The van der Waals surface area contributed by atoms with Gasteiger partial charge >= 0.3 is 0 Å². The Morgan fingerprint density at radius 2 is 1.91 bits per heavy atom. The summed E-state index contributed by atoms with van der Waals surface area (Å²) in [5.74, 6) is 2.01. The van der Waals surface area contributed by atoms with Gasteiger partial charge in [0.2, 0.25) is 5.95 Å². The number of thiophene rings is 1. The van der Waals surface area contributed by atoms with Gasteiger partial charge in [0.05, 0.1) is 31.2 Å². The van der Waals surface area contributed by atoms with Crippen LogP contribution in [0.5, 0.6) is 11.5 Å². The van der Waals surface area contributed by atoms with Gasteiger partial charge in [0.25, 0.3) is 0 Å². The van der Waals surface area contributed by atoms with E-state index in [-0.39, 0.29) is 0 Å². The number of anilines is 1. The number of nitrogens with zero attached hydrogens (tertiary/aromatic N) is 2. The van der Waals surface area contributed by atoms with Crippen molar-refractivity contribution in [2.45, 2.75) is 13.5 Å². The number of ether oxygens (including phenoxy) is 2. The molecule has 0 fully saturated rings. The van der Waals surface area contributed by atoms with E-state index in [4.69, 9.17) is 15.2 Å². The van der Waals surface area contributed by atoms with Crippen molar-refractivity contribution in [1.82, 2.24) is 9.55 Å². The van der Waals surface area contributed by atoms with Gasteiger partial charge in [0.15, 0.2) is 0 Å². The van der Waals surface area contributed by atoms with Crippen molar-refractivity contribution in [2.24, 2.45) is 0 Å². The molecule has 2 heterocycles. The lowest BCUT2D eigenvalue weighted by Gasteiger charge is -2.13. The topological polar surface area (TPSA) is 62.3 Å². The SMILES string of the molecule is COc1cccc(OC)c1Cn1cc(-c2cc(C)cs2)nc1N. The van der Waals surface area contributed by atoms with Crippen LogP contribution in [0.15, 0.2) is 35.8 Å². The van der Waals surface area contributed by atoms with Crippen molar-refractivity contribution in [3.8, 4) is 22.1 Å². The van der Waals surface area contributed by atoms with Crippen LogP contribution in [0.4, 0.5) is 5.95 Å². The molecule has 0 bridgehead atoms. The Labute approximate surface area is 139 Å². The van der Waals surface area contributed by atoms with Crippen LogP contribution in [0.1, 0.15) is 11.1 Å². The lowest BCUT2D eigenvalue weighted by molar-refractivity contribution is 0.383. The van der Waals surface area contributed by atoms with Crippen LogP contribution in [0.2, 0.25) is 0 Å². The quantitative estimate of drug-likeness (QED) is 0.777. The maximum absolute atomic E-state index is 6.09. The van der Waals surface area contributed by atoms with E-state index in [2.05, 4.69) is 23.4 Å². The normalized spacial score (nSPS) is 10.7. The highest BCUT2D eigenvalue weighted by atomic mass is 32.1. The molecule has 120 valence electrons. The second kappa shape index (κ2) is 6.34. The molecule has 0 saturated heterocycles. The van der Waals surface area contributed by atoms with Gasteiger partial charge in [-0.2, -0.15) is 0 Å². The van der Waals surface area contributed by atoms with Crippen molar-refractivity contribution < 1.29 is 9.47 Å². The van der Waals surface area contributed by atoms with Gasteiger partial charge in [0.1, 0.15) is 17.2 Å². The molecule has 0 amide bonds. The molecular weight excluding hydrogens is 310 g/mol. The summed E-state index contributed by atoms with van der Waals surface area (Å²) in [5, 5.41) is 2.10. The second-order valence-electron chi connectivity index (χ2n) is 5.24. The molecule has 2 aromatic heterocycles. The first kappa shape index (κ1) is 15.4. The number of hydrogen-bond acceptors (Lipinski definition) is 5. The highest BCUT2D eigenvalue weighted by Gasteiger charge is 2.14. The highest BCUT2D eigenvalue weighted by Crippen LogP contribution is 2.31. The summed E-state index contributed by atoms with van der Waals surface area (Å²) >= 11 is 1.67. The second-order valence-corrected chi connectivity index (χ2v) is 6.15. The fraction of sp³-hybridized carbons (Fsp3) is 0.235. The minimum absolute atomic E-state index is 0.471. The Morgan fingerprint density at radius 3 is 2.48 bits per heavy atom. The van der Waals surface area contributed by atoms with E-state index in [0.717, 1.165) is 27.6 Å². The molecule has 0 radical (unpaired) electrons. The lowest BCUT2D eigenvalue weighted by Crippen LogP contribution is -2.06. The van der Waals surface area contributed by atoms with E-state index in [1.165, 1.54) is 5.56 Å². The molecule has 1 aromatic carbocycles. The summed E-state index contributed by atoms with van der Waals surface area (Å²) < 4.78 is 12.8. The zero-order valence-corrected chi connectivity index (χ0v) is 14.2. The van der Waals surface area contributed by atoms with E-state index >= 15 is 0 Å². The number of benzene rings is 1. The average molecular weight is 329 g/mol. The molecule has 0 spiro atoms. The van der Waals surface area contributed by atoms with E-state index in [1.807, 2.05) is 29.0 Å². The molecule has 0 aliphatic carbocycles. The third kappa shape index (κ3) is 3.03. The van der Waals surface area contributed by atoms with E-state index < -0.39 is 0 Å². The molecule has 0 unspecified atom stereocenters. The van der Waals surface area contributed by atoms with Gasteiger partial charge in [-0.25, -0.2) is 4.98 Å². The summed E-state index contributed by atoms with van der Waals surface area (Å²) in [6.45, 7) is 2.61. The fourth-order valence-corrected chi connectivity index (χ4v) is 3.35. The predicted molar refractivity (Wildman–Crippen MR) is 93.3 cm³/mol. The van der Waals surface area contributed by atoms with Gasteiger partial charge in [-0.1, -0.05) is 6.07 Å². The molecule has 6 heteroatoms. The van der Waals surface area contributed by atoms with Gasteiger partial charge in [-0.3, -0.25) is 0 Å². The fourth-order valence-electron chi connectivity index (χ4n) is 2.50. The van der Waals surface area contributed by atoms with Gasteiger partial charge in [-0.05, 0) is 36.1 Å². The molecule has 2 N–H and O–H groups in total. The minimum Gasteiger partial charge on any atom is -0.496 e. The predicted octanol–water partition coefficient (Wildman–Crippen LogP) is 3.57. The van der Waals surface area contributed by atoms with Crippen LogP contribution in [0.3, 0.4) is 0 Å². The summed E-state index contributed by atoms with van der Waals surface area (Å²) in [6, 6.07) is 7.84. The van der Waals surface area contributed by atoms with Crippen molar-refractivity contribution in [3.63, 3.8) is 0 Å². The molecule has 3 aromatic rings. The first-order chi connectivity index (χ1) is 11.1. The molecular formula is C17H19N3O2S. The highest BCUT2D eigenvalue weighted by molar-refractivity contribution is 7.13. The van der Waals surface area contributed by atoms with Crippen LogP contribution < -0.4 is 15.2 Å². The van der Waals surface area contributed by atoms with Crippen molar-refractivity contribution >= 4 is 17.3 Å². The number of imidazole rings is 1. The maximum atomic E-state index is 6.09. The van der Waals surface area contributed by atoms with Crippen LogP contribution in [0, 0.1) is 6.92 Å². The Morgan fingerprint density at radius 1 is 1.22 bits per heavy atom. The molecule has 23 heavy (non-hydrogen) atoms. The summed E-state index contributed by atoms with van der Waals surface area (Å²) in [4.78, 5) is 5.58. The van der Waals surface area contributed by atoms with Gasteiger partial charge in [0, 0.05) is 6.20 Å². The number of rotatable bonds is 5. The van der Waals surface area contributed by atoms with Crippen molar-refractivity contribution in [1.29, 1.82) is 0 Å². The Bertz CT molecular complexity index is 801. The minimum atomic E-state index is 0.471. The molecule has 0 aliphatic heterocycles. The monoisotopic (exact) mass is 329 g/mol. The third-order valence-electron chi connectivity index (χ3n) is 3.65. The van der Waals surface area contributed by atoms with Crippen molar-refractivity contribution in [2.75, 3.05) is 20.0 Å². The van der Waals surface area contributed by atoms with Crippen LogP contribution in [-0.4, -0.2) is 23.8 Å². The summed E-state index contributed by atoms with van der Waals surface area (Å²) in [7, 11) is 3.30. The standard InChI is InChI=1S/C17H19N3O2S/c1-11-7-16(23-10-11)13-9-20(17(18)19-13)8-12-14(21-2)5-4-6-15(12)22-3/h4-7,9-10H,8H2,1-3H3,(H2,18,19). The van der Waals surface area contributed by atoms with Crippen molar-refractivity contribution in [3.05, 3.63) is 47.0 Å². The first-order valence-electron chi connectivity index (χ1n) is 7.20. The number of aryl methyl sites for hydroxylation is 1. The first-order valence-corrected chi connectivity index (χ1v) is 8.08. The molecule has 0 saturated carbocycles. The van der Waals surface area contributed by atoms with Crippen LogP contribution in [0.25, 0.3) is 10.6 Å². The lowest BCUT2D eigenvalue weighted by atomic mass is 10.1. The largest absolute Gasteiger partial charge is 0.496 e. The number of nitrogens with two attached hydrogens (primary N) is 1. The van der Waals surface area contributed by atoms with E-state index in [1.54, 1.807) is 25.6 Å². The zero-order chi connectivity index (χ0) is 16.4. The van der Waals surface area contributed by atoms with E-state index in [9.17, 15) is 0 Å². The Hall–Kier alpha value is -2.47. The zero-order valence-electron chi connectivity index (χ0n) is 13.4. The number of hydrogen-bond donors (Lipinski definition) is 1. The summed E-state index contributed by atoms with van der Waals surface area (Å²) in [5.41, 5.74) is 9.14. The maximum Gasteiger partial charge on any atom is 0.201 e. The Kier molecular flexibility index (Phi) is 4.25. The molecule has 5 nitrogen and oxygen atoms in total. The van der Waals surface area contributed by atoms with Crippen LogP contribution >= 0.6 is 11.3 Å². The smallest absolute Gasteiger partial charge is 0.201 e. The molecule has 0 aliphatic rings. The third-order valence-corrected chi connectivity index (χ3v) is 4.72. The van der Waals surface area contributed by atoms with Gasteiger partial charge < -0.3 is 19.8 Å². The number of nitrogen functional groups attached to an aromatic ring is 1. The Balaban J connectivity index is 1.97. The number of aromatic nitrogens is 2. The molecule has 3 rings (SSSR count). The number of methoxy groups -OCH3 is 2. The van der Waals surface area contributed by atoms with Crippen LogP contribution in [-0.2, 0) is 6.54 Å². The molecule has 0 atom stereocenters. The summed E-state index contributed by atoms with van der Waals surface area (Å²) in [6.07, 6.45) is 1.96. The van der Waals surface area contributed by atoms with E-state index in [0.29, 0.717) is 12.5 Å².